The van der Waals surface area contributed by atoms with E-state index in [1.165, 1.54) is 11.8 Å². The number of thioether (sulfide) groups is 1. The van der Waals surface area contributed by atoms with Gasteiger partial charge in [-0.2, -0.15) is 5.10 Å². The van der Waals surface area contributed by atoms with Crippen molar-refractivity contribution in [2.75, 3.05) is 6.26 Å². The number of hydrogen-bond acceptors (Lipinski definition) is 6. The smallest absolute Gasteiger partial charge is 0.254 e. The normalized spacial score (nSPS) is 21.4. The third-order valence-corrected chi connectivity index (χ3v) is 4.38. The van der Waals surface area contributed by atoms with Crippen molar-refractivity contribution in [1.82, 2.24) is 20.4 Å². The van der Waals surface area contributed by atoms with E-state index in [0.717, 1.165) is 12.8 Å². The summed E-state index contributed by atoms with van der Waals surface area (Å²) in [5, 5.41) is 10.5. The summed E-state index contributed by atoms with van der Waals surface area (Å²) in [7, 11) is 0. The first-order valence-electron chi connectivity index (χ1n) is 7.74. The maximum absolute atomic E-state index is 11.8. The van der Waals surface area contributed by atoms with Crippen LogP contribution in [0, 0.1) is 0 Å². The Bertz CT molecular complexity index is 734. The molecule has 3 rings (SSSR count). The van der Waals surface area contributed by atoms with Gasteiger partial charge in [0.05, 0.1) is 12.6 Å². The van der Waals surface area contributed by atoms with E-state index in [9.17, 15) is 9.59 Å². The number of nitrogens with two attached hydrogens (primary N) is 1. The quantitative estimate of drug-likeness (QED) is 0.315. The highest BCUT2D eigenvalue weighted by Gasteiger charge is 2.27. The van der Waals surface area contributed by atoms with E-state index in [0.29, 0.717) is 28.2 Å². The lowest BCUT2D eigenvalue weighted by molar-refractivity contribution is -0.124. The summed E-state index contributed by atoms with van der Waals surface area (Å²) in [5.41, 5.74) is 6.94. The van der Waals surface area contributed by atoms with Gasteiger partial charge in [0.1, 0.15) is 6.17 Å². The molecule has 1 atom stereocenters. The zero-order chi connectivity index (χ0) is 17.3. The molecular formula is C15H20N6O2S. The van der Waals surface area contributed by atoms with E-state index in [2.05, 4.69) is 20.7 Å². The summed E-state index contributed by atoms with van der Waals surface area (Å²) in [6, 6.07) is 0.513. The molecule has 0 spiro atoms. The molecule has 128 valence electrons. The number of carbonyl (C=O) groups is 2. The van der Waals surface area contributed by atoms with Gasteiger partial charge >= 0.3 is 0 Å². The molecule has 0 radical (unpaired) electrons. The van der Waals surface area contributed by atoms with Gasteiger partial charge in [-0.15, -0.1) is 0 Å². The molecule has 1 saturated carbocycles. The minimum Gasteiger partial charge on any atom is -0.378 e. The van der Waals surface area contributed by atoms with E-state index >= 15 is 0 Å². The molecule has 1 aliphatic carbocycles. The molecule has 2 heterocycles. The second-order valence-electron chi connectivity index (χ2n) is 5.86. The Balaban J connectivity index is 1.96. The minimum atomic E-state index is -0.371. The fourth-order valence-electron chi connectivity index (χ4n) is 2.49. The van der Waals surface area contributed by atoms with Crippen LogP contribution < -0.4 is 16.4 Å². The van der Waals surface area contributed by atoms with Gasteiger partial charge in [0.15, 0.2) is 11.0 Å². The van der Waals surface area contributed by atoms with Gasteiger partial charge in [0, 0.05) is 17.2 Å². The van der Waals surface area contributed by atoms with E-state index in [1.807, 2.05) is 13.2 Å². The number of carbonyl (C=O) groups excluding carboxylic acids is 2. The van der Waals surface area contributed by atoms with Crippen molar-refractivity contribution in [3.05, 3.63) is 17.3 Å². The van der Waals surface area contributed by atoms with Gasteiger partial charge in [-0.05, 0) is 32.1 Å². The molecule has 1 saturated heterocycles. The summed E-state index contributed by atoms with van der Waals surface area (Å²) in [6.45, 7) is 2.00. The van der Waals surface area contributed by atoms with Crippen LogP contribution in [-0.2, 0) is 9.59 Å². The summed E-state index contributed by atoms with van der Waals surface area (Å²) >= 11 is 1.33. The van der Waals surface area contributed by atoms with Gasteiger partial charge in [-0.1, -0.05) is 11.8 Å². The zero-order valence-corrected chi connectivity index (χ0v) is 14.4. The number of aliphatic imine (C=N–C) groups is 1. The molecule has 4 N–H and O–H groups in total. The van der Waals surface area contributed by atoms with Crippen molar-refractivity contribution in [3.63, 3.8) is 0 Å². The number of aromatic nitrogens is 2. The topological polar surface area (TPSA) is 114 Å². The second kappa shape index (κ2) is 6.78. The molecule has 24 heavy (non-hydrogen) atoms. The molecule has 8 nitrogen and oxygen atoms in total. The molecular weight excluding hydrogens is 328 g/mol. The Morgan fingerprint density at radius 1 is 1.58 bits per heavy atom. The van der Waals surface area contributed by atoms with Gasteiger partial charge in [-0.3, -0.25) is 20.2 Å². The van der Waals surface area contributed by atoms with E-state index < -0.39 is 0 Å². The standard InChI is InChI=1S/C15H20N6O2S/c1-8(18-11-3-4-11)21-13(20-15(16)24-2)10(7-17-21)5-9-6-12(22)19-14(9)23/h5,7-8,11,18H,3-4,6H2,1-2H3,(H2,16,20)(H,19,22,23)/b9-5+. The molecule has 0 bridgehead atoms. The third kappa shape index (κ3) is 3.68. The Kier molecular flexibility index (Phi) is 4.72. The number of rotatable bonds is 5. The van der Waals surface area contributed by atoms with Crippen molar-refractivity contribution in [2.45, 2.75) is 38.4 Å². The van der Waals surface area contributed by atoms with Crippen LogP contribution in [0.3, 0.4) is 0 Å². The molecule has 1 aromatic rings. The highest BCUT2D eigenvalue weighted by atomic mass is 32.2. The van der Waals surface area contributed by atoms with E-state index in [-0.39, 0.29) is 24.4 Å². The van der Waals surface area contributed by atoms with Crippen LogP contribution in [0.15, 0.2) is 16.8 Å². The summed E-state index contributed by atoms with van der Waals surface area (Å²) in [4.78, 5) is 27.5. The van der Waals surface area contributed by atoms with Crippen molar-refractivity contribution >= 4 is 40.6 Å². The molecule has 2 amide bonds. The summed E-state index contributed by atoms with van der Waals surface area (Å²) < 4.78 is 1.75. The van der Waals surface area contributed by atoms with Gasteiger partial charge in [0.25, 0.3) is 5.91 Å². The lowest BCUT2D eigenvalue weighted by atomic mass is 10.1. The van der Waals surface area contributed by atoms with E-state index in [4.69, 9.17) is 5.73 Å². The Hall–Kier alpha value is -2.13. The predicted octanol–water partition coefficient (Wildman–Crippen LogP) is 0.893. The number of nitrogens with one attached hydrogen (secondary N) is 2. The molecule has 2 aliphatic rings. The summed E-state index contributed by atoms with van der Waals surface area (Å²) in [6.07, 6.45) is 7.48. The number of amides is 2. The first-order chi connectivity index (χ1) is 11.5. The zero-order valence-electron chi connectivity index (χ0n) is 13.6. The second-order valence-corrected chi connectivity index (χ2v) is 6.69. The minimum absolute atomic E-state index is 0.0444. The monoisotopic (exact) mass is 348 g/mol. The van der Waals surface area contributed by atoms with Gasteiger partial charge in [0.2, 0.25) is 5.91 Å². The highest BCUT2D eigenvalue weighted by molar-refractivity contribution is 8.13. The highest BCUT2D eigenvalue weighted by Crippen LogP contribution is 2.29. The molecule has 2 fully saturated rings. The van der Waals surface area contributed by atoms with Crippen LogP contribution in [0.25, 0.3) is 6.08 Å². The van der Waals surface area contributed by atoms with Crippen molar-refractivity contribution in [2.24, 2.45) is 10.7 Å². The van der Waals surface area contributed by atoms with Crippen LogP contribution >= 0.6 is 11.8 Å². The predicted molar refractivity (Wildman–Crippen MR) is 93.6 cm³/mol. The van der Waals surface area contributed by atoms with Crippen LogP contribution in [0.5, 0.6) is 0 Å². The largest absolute Gasteiger partial charge is 0.378 e. The van der Waals surface area contributed by atoms with Crippen LogP contribution in [-0.4, -0.2) is 39.1 Å². The van der Waals surface area contributed by atoms with Crippen molar-refractivity contribution in [1.29, 1.82) is 0 Å². The fourth-order valence-corrected chi connectivity index (χ4v) is 2.67. The molecule has 9 heteroatoms. The summed E-state index contributed by atoms with van der Waals surface area (Å²) in [5.74, 6) is -0.0945. The Labute approximate surface area is 143 Å². The van der Waals surface area contributed by atoms with Crippen LogP contribution in [0.4, 0.5) is 5.82 Å². The van der Waals surface area contributed by atoms with Gasteiger partial charge in [-0.25, -0.2) is 9.67 Å². The Morgan fingerprint density at radius 3 is 2.92 bits per heavy atom. The lowest BCUT2D eigenvalue weighted by Crippen LogP contribution is -2.26. The van der Waals surface area contributed by atoms with Crippen molar-refractivity contribution in [3.8, 4) is 0 Å². The number of nitrogens with zero attached hydrogens (tertiary/aromatic N) is 3. The first kappa shape index (κ1) is 16.7. The maximum Gasteiger partial charge on any atom is 0.254 e. The van der Waals surface area contributed by atoms with Crippen LogP contribution in [0.1, 0.15) is 37.9 Å². The fraction of sp³-hybridized carbons (Fsp3) is 0.467. The first-order valence-corrected chi connectivity index (χ1v) is 8.97. The molecule has 0 aromatic carbocycles. The average Bonchev–Trinajstić information content (AvgIpc) is 3.18. The third-order valence-electron chi connectivity index (χ3n) is 3.87. The molecule has 1 aliphatic heterocycles. The lowest BCUT2D eigenvalue weighted by Gasteiger charge is -2.15. The average molecular weight is 348 g/mol. The Morgan fingerprint density at radius 2 is 2.33 bits per heavy atom. The number of hydrogen-bond donors (Lipinski definition) is 3. The van der Waals surface area contributed by atoms with Crippen LogP contribution in [0.2, 0.25) is 0 Å². The molecule has 1 aromatic heterocycles. The van der Waals surface area contributed by atoms with Crippen molar-refractivity contribution < 1.29 is 9.59 Å². The van der Waals surface area contributed by atoms with E-state index in [1.54, 1.807) is 17.0 Å². The SMILES string of the molecule is CSC(N)=Nc1c(/C=C2\CC(=O)NC2=O)cnn1C(C)NC1CC1. The number of amidine groups is 1. The maximum atomic E-state index is 11.8. The number of imide groups is 1. The van der Waals surface area contributed by atoms with Gasteiger partial charge < -0.3 is 5.73 Å². The molecule has 1 unspecified atom stereocenters.